The molecule has 0 aliphatic carbocycles. The zero-order valence-electron chi connectivity index (χ0n) is 16.0. The van der Waals surface area contributed by atoms with Crippen molar-refractivity contribution in [3.05, 3.63) is 22.7 Å². The van der Waals surface area contributed by atoms with Crippen LogP contribution in [0.5, 0.6) is 0 Å². The molecule has 0 aliphatic heterocycles. The van der Waals surface area contributed by atoms with Gasteiger partial charge in [-0.2, -0.15) is 0 Å². The van der Waals surface area contributed by atoms with Crippen molar-refractivity contribution < 1.29 is 0 Å². The number of aryl methyl sites for hydroxylation is 1. The normalized spacial score (nSPS) is 11.0. The van der Waals surface area contributed by atoms with Crippen molar-refractivity contribution in [3.8, 4) is 0 Å². The monoisotopic (exact) mass is 352 g/mol. The number of nitrogens with zero attached hydrogens (tertiary/aromatic N) is 1. The SMILES string of the molecule is CCCCCCCCCCCCN(CC)c1cc(C)c(N)cc1Cl. The number of nitrogen functional groups attached to an aromatic ring is 1. The van der Waals surface area contributed by atoms with Crippen LogP contribution >= 0.6 is 11.6 Å². The Kier molecular flexibility index (Phi) is 11.0. The van der Waals surface area contributed by atoms with Gasteiger partial charge >= 0.3 is 0 Å². The van der Waals surface area contributed by atoms with Crippen molar-refractivity contribution in [1.82, 2.24) is 0 Å². The number of unbranched alkanes of at least 4 members (excludes halogenated alkanes) is 9. The summed E-state index contributed by atoms with van der Waals surface area (Å²) in [5, 5.41) is 0.770. The average Bonchev–Trinajstić information content (AvgIpc) is 2.57. The number of benzene rings is 1. The van der Waals surface area contributed by atoms with Crippen LogP contribution in [0.3, 0.4) is 0 Å². The molecule has 24 heavy (non-hydrogen) atoms. The summed E-state index contributed by atoms with van der Waals surface area (Å²) in [5.41, 5.74) is 8.95. The molecule has 0 heterocycles. The molecule has 0 fully saturated rings. The number of hydrogen-bond donors (Lipinski definition) is 1. The van der Waals surface area contributed by atoms with E-state index in [1.54, 1.807) is 0 Å². The van der Waals surface area contributed by atoms with Gasteiger partial charge in [-0.05, 0) is 38.0 Å². The van der Waals surface area contributed by atoms with Crippen LogP contribution in [0.25, 0.3) is 0 Å². The molecular formula is C21H37ClN2. The number of rotatable bonds is 13. The fourth-order valence-corrected chi connectivity index (χ4v) is 3.45. The number of halogens is 1. The highest BCUT2D eigenvalue weighted by atomic mass is 35.5. The van der Waals surface area contributed by atoms with Crippen molar-refractivity contribution in [3.63, 3.8) is 0 Å². The van der Waals surface area contributed by atoms with E-state index in [2.05, 4.69) is 24.8 Å². The largest absolute Gasteiger partial charge is 0.398 e. The van der Waals surface area contributed by atoms with Crippen LogP contribution in [-0.4, -0.2) is 13.1 Å². The molecule has 0 atom stereocenters. The molecule has 0 saturated heterocycles. The van der Waals surface area contributed by atoms with E-state index in [0.29, 0.717) is 0 Å². The summed E-state index contributed by atoms with van der Waals surface area (Å²) in [6.45, 7) is 8.58. The molecule has 0 amide bonds. The summed E-state index contributed by atoms with van der Waals surface area (Å²) in [6, 6.07) is 4.00. The van der Waals surface area contributed by atoms with Crippen LogP contribution < -0.4 is 10.6 Å². The Morgan fingerprint density at radius 3 is 1.96 bits per heavy atom. The Bertz CT molecular complexity index is 459. The number of anilines is 2. The first-order valence-corrected chi connectivity index (χ1v) is 10.3. The molecule has 0 aliphatic rings. The highest BCUT2D eigenvalue weighted by Gasteiger charge is 2.10. The van der Waals surface area contributed by atoms with Crippen LogP contribution in [0.4, 0.5) is 11.4 Å². The minimum Gasteiger partial charge on any atom is -0.398 e. The maximum Gasteiger partial charge on any atom is 0.0660 e. The van der Waals surface area contributed by atoms with E-state index in [1.165, 1.54) is 64.2 Å². The van der Waals surface area contributed by atoms with Crippen molar-refractivity contribution >= 4 is 23.0 Å². The van der Waals surface area contributed by atoms with Gasteiger partial charge in [0.25, 0.3) is 0 Å². The van der Waals surface area contributed by atoms with E-state index in [9.17, 15) is 0 Å². The van der Waals surface area contributed by atoms with Crippen molar-refractivity contribution in [2.75, 3.05) is 23.7 Å². The lowest BCUT2D eigenvalue weighted by Gasteiger charge is -2.25. The molecule has 1 aromatic rings. The smallest absolute Gasteiger partial charge is 0.0660 e. The molecule has 0 bridgehead atoms. The van der Waals surface area contributed by atoms with Crippen molar-refractivity contribution in [2.45, 2.75) is 85.0 Å². The lowest BCUT2D eigenvalue weighted by Crippen LogP contribution is -2.24. The molecular weight excluding hydrogens is 316 g/mol. The van der Waals surface area contributed by atoms with Gasteiger partial charge in [-0.1, -0.05) is 76.3 Å². The third-order valence-corrected chi connectivity index (χ3v) is 5.14. The highest BCUT2D eigenvalue weighted by Crippen LogP contribution is 2.30. The summed E-state index contributed by atoms with van der Waals surface area (Å²) < 4.78 is 0. The van der Waals surface area contributed by atoms with E-state index >= 15 is 0 Å². The van der Waals surface area contributed by atoms with Gasteiger partial charge in [-0.3, -0.25) is 0 Å². The summed E-state index contributed by atoms with van der Waals surface area (Å²) >= 11 is 6.39. The van der Waals surface area contributed by atoms with Gasteiger partial charge in [0, 0.05) is 18.8 Å². The van der Waals surface area contributed by atoms with Crippen LogP contribution in [0.2, 0.25) is 5.02 Å². The van der Waals surface area contributed by atoms with Crippen LogP contribution in [0.1, 0.15) is 83.6 Å². The van der Waals surface area contributed by atoms with Crippen molar-refractivity contribution in [2.24, 2.45) is 0 Å². The zero-order valence-corrected chi connectivity index (χ0v) is 16.8. The first kappa shape index (κ1) is 21.2. The number of nitrogens with two attached hydrogens (primary N) is 1. The van der Waals surface area contributed by atoms with Gasteiger partial charge in [-0.25, -0.2) is 0 Å². The third-order valence-electron chi connectivity index (χ3n) is 4.84. The Hall–Kier alpha value is -0.890. The van der Waals surface area contributed by atoms with Gasteiger partial charge in [0.2, 0.25) is 0 Å². The van der Waals surface area contributed by atoms with Gasteiger partial charge in [0.05, 0.1) is 10.7 Å². The molecule has 0 unspecified atom stereocenters. The molecule has 138 valence electrons. The second-order valence-electron chi connectivity index (χ2n) is 6.92. The Morgan fingerprint density at radius 2 is 1.42 bits per heavy atom. The maximum atomic E-state index is 6.39. The Balaban J connectivity index is 2.22. The summed E-state index contributed by atoms with van der Waals surface area (Å²) in [4.78, 5) is 2.37. The van der Waals surface area contributed by atoms with Crippen LogP contribution in [-0.2, 0) is 0 Å². The van der Waals surface area contributed by atoms with E-state index < -0.39 is 0 Å². The summed E-state index contributed by atoms with van der Waals surface area (Å²) in [5.74, 6) is 0. The molecule has 0 spiro atoms. The van der Waals surface area contributed by atoms with E-state index in [0.717, 1.165) is 35.1 Å². The topological polar surface area (TPSA) is 29.3 Å². The van der Waals surface area contributed by atoms with Crippen LogP contribution in [0, 0.1) is 6.92 Å². The molecule has 0 aromatic heterocycles. The number of hydrogen-bond acceptors (Lipinski definition) is 2. The molecule has 3 heteroatoms. The van der Waals surface area contributed by atoms with Gasteiger partial charge in [0.15, 0.2) is 0 Å². The minimum absolute atomic E-state index is 0.770. The van der Waals surface area contributed by atoms with E-state index in [1.807, 2.05) is 13.0 Å². The second-order valence-corrected chi connectivity index (χ2v) is 7.33. The lowest BCUT2D eigenvalue weighted by molar-refractivity contribution is 0.555. The first-order valence-electron chi connectivity index (χ1n) is 9.90. The predicted octanol–water partition coefficient (Wildman–Crippen LogP) is 6.98. The second kappa shape index (κ2) is 12.5. The minimum atomic E-state index is 0.770. The predicted molar refractivity (Wildman–Crippen MR) is 110 cm³/mol. The van der Waals surface area contributed by atoms with Gasteiger partial charge in [-0.15, -0.1) is 0 Å². The summed E-state index contributed by atoms with van der Waals surface area (Å²) in [6.07, 6.45) is 13.7. The molecule has 1 rings (SSSR count). The Morgan fingerprint density at radius 1 is 0.875 bits per heavy atom. The molecule has 2 nitrogen and oxygen atoms in total. The van der Waals surface area contributed by atoms with Gasteiger partial charge in [0.1, 0.15) is 0 Å². The molecule has 0 saturated carbocycles. The molecule has 0 radical (unpaired) electrons. The fraction of sp³-hybridized carbons (Fsp3) is 0.714. The zero-order chi connectivity index (χ0) is 17.8. The third kappa shape index (κ3) is 7.79. The average molecular weight is 353 g/mol. The van der Waals surface area contributed by atoms with E-state index in [-0.39, 0.29) is 0 Å². The fourth-order valence-electron chi connectivity index (χ4n) is 3.16. The quantitative estimate of drug-likeness (QED) is 0.306. The van der Waals surface area contributed by atoms with Crippen molar-refractivity contribution in [1.29, 1.82) is 0 Å². The standard InChI is InChI=1S/C21H37ClN2/c1-4-6-7-8-9-10-11-12-13-14-15-24(5-2)21-16-18(3)20(23)17-19(21)22/h16-17H,4-15,23H2,1-3H3. The molecule has 2 N–H and O–H groups in total. The lowest BCUT2D eigenvalue weighted by atomic mass is 10.1. The molecule has 1 aromatic carbocycles. The summed E-state index contributed by atoms with van der Waals surface area (Å²) in [7, 11) is 0. The highest BCUT2D eigenvalue weighted by molar-refractivity contribution is 6.33. The van der Waals surface area contributed by atoms with Crippen LogP contribution in [0.15, 0.2) is 12.1 Å². The van der Waals surface area contributed by atoms with Gasteiger partial charge < -0.3 is 10.6 Å². The first-order chi connectivity index (χ1) is 11.6. The Labute approximate surface area is 154 Å². The maximum absolute atomic E-state index is 6.39. The van der Waals surface area contributed by atoms with E-state index in [4.69, 9.17) is 17.3 Å².